The molecular weight excluding hydrogens is 394 g/mol. The molecule has 0 aliphatic rings. The molecule has 0 fully saturated rings. The minimum absolute atomic E-state index is 0.159. The number of nitrogens with zero attached hydrogens (tertiary/aromatic N) is 1. The Hall–Kier alpha value is -4.07. The smallest absolute Gasteiger partial charge is 0.346 e. The lowest BCUT2D eigenvalue weighted by atomic mass is 10.2. The molecule has 0 atom stereocenters. The first-order valence-corrected chi connectivity index (χ1v) is 8.78. The Bertz CT molecular complexity index is 1050. The van der Waals surface area contributed by atoms with Gasteiger partial charge in [0.1, 0.15) is 23.1 Å². The summed E-state index contributed by atoms with van der Waals surface area (Å²) in [6, 6.07) is 17.0. The fraction of sp³-hybridized carbons (Fsp3) is 0.0455. The van der Waals surface area contributed by atoms with Crippen LogP contribution >= 0.6 is 0 Å². The van der Waals surface area contributed by atoms with Gasteiger partial charge in [-0.25, -0.2) is 19.0 Å². The number of carbonyl (C=O) groups is 2. The number of nitrogens with one attached hydrogen (secondary N) is 1. The van der Waals surface area contributed by atoms with Crippen LogP contribution < -0.4 is 14.9 Å². The highest BCUT2D eigenvalue weighted by molar-refractivity contribution is 5.91. The van der Waals surface area contributed by atoms with Crippen molar-refractivity contribution in [3.8, 4) is 11.5 Å². The molecule has 6 nitrogen and oxygen atoms in total. The number of hydrogen-bond acceptors (Lipinski definition) is 5. The molecule has 1 amide bonds. The van der Waals surface area contributed by atoms with E-state index in [-0.39, 0.29) is 17.9 Å². The average molecular weight is 410 g/mol. The van der Waals surface area contributed by atoms with E-state index in [4.69, 9.17) is 9.47 Å². The molecule has 3 rings (SSSR count). The Labute approximate surface area is 170 Å². The third kappa shape index (κ3) is 5.96. The molecule has 0 unspecified atom stereocenters. The zero-order chi connectivity index (χ0) is 21.3. The molecule has 152 valence electrons. The maximum absolute atomic E-state index is 13.6. The van der Waals surface area contributed by atoms with Crippen LogP contribution in [0.1, 0.15) is 15.9 Å². The van der Waals surface area contributed by atoms with E-state index < -0.39 is 23.5 Å². The van der Waals surface area contributed by atoms with Crippen molar-refractivity contribution in [2.24, 2.45) is 5.10 Å². The number of rotatable bonds is 7. The topological polar surface area (TPSA) is 77.0 Å². The van der Waals surface area contributed by atoms with Gasteiger partial charge in [-0.2, -0.15) is 5.10 Å². The number of amides is 1. The molecule has 0 saturated carbocycles. The molecule has 30 heavy (non-hydrogen) atoms. The molecule has 3 aromatic carbocycles. The Kier molecular flexibility index (Phi) is 6.83. The molecule has 0 aliphatic heterocycles. The Morgan fingerprint density at radius 1 is 0.900 bits per heavy atom. The second kappa shape index (κ2) is 9.92. The van der Waals surface area contributed by atoms with E-state index in [2.05, 4.69) is 10.5 Å². The lowest BCUT2D eigenvalue weighted by Gasteiger charge is -2.05. The lowest BCUT2D eigenvalue weighted by Crippen LogP contribution is -2.24. The molecule has 0 aromatic heterocycles. The van der Waals surface area contributed by atoms with E-state index in [1.54, 1.807) is 12.1 Å². The van der Waals surface area contributed by atoms with Crippen LogP contribution in [0.5, 0.6) is 11.5 Å². The van der Waals surface area contributed by atoms with Gasteiger partial charge in [-0.15, -0.1) is 0 Å². The zero-order valence-electron chi connectivity index (χ0n) is 15.5. The van der Waals surface area contributed by atoms with Crippen LogP contribution in [-0.2, 0) is 4.79 Å². The van der Waals surface area contributed by atoms with Crippen molar-refractivity contribution >= 4 is 18.1 Å². The summed E-state index contributed by atoms with van der Waals surface area (Å²) >= 11 is 0. The zero-order valence-corrected chi connectivity index (χ0v) is 15.5. The lowest BCUT2D eigenvalue weighted by molar-refractivity contribution is -0.123. The molecule has 0 radical (unpaired) electrons. The minimum Gasteiger partial charge on any atom is -0.484 e. The molecule has 0 aliphatic carbocycles. The van der Waals surface area contributed by atoms with E-state index in [1.807, 2.05) is 0 Å². The van der Waals surface area contributed by atoms with Gasteiger partial charge < -0.3 is 9.47 Å². The van der Waals surface area contributed by atoms with Crippen molar-refractivity contribution in [2.75, 3.05) is 6.61 Å². The van der Waals surface area contributed by atoms with E-state index in [9.17, 15) is 18.4 Å². The van der Waals surface area contributed by atoms with Gasteiger partial charge in [0.15, 0.2) is 6.61 Å². The summed E-state index contributed by atoms with van der Waals surface area (Å²) < 4.78 is 36.7. The molecule has 8 heteroatoms. The van der Waals surface area contributed by atoms with Gasteiger partial charge in [-0.05, 0) is 66.2 Å². The van der Waals surface area contributed by atoms with Crippen LogP contribution in [0.3, 0.4) is 0 Å². The van der Waals surface area contributed by atoms with E-state index >= 15 is 0 Å². The van der Waals surface area contributed by atoms with Gasteiger partial charge in [-0.1, -0.05) is 12.1 Å². The first-order chi connectivity index (χ1) is 14.5. The molecule has 0 saturated heterocycles. The molecule has 0 bridgehead atoms. The summed E-state index contributed by atoms with van der Waals surface area (Å²) in [5.41, 5.74) is 2.76. The second-order valence-corrected chi connectivity index (χ2v) is 5.97. The van der Waals surface area contributed by atoms with E-state index in [0.29, 0.717) is 11.3 Å². The largest absolute Gasteiger partial charge is 0.484 e. The van der Waals surface area contributed by atoms with Crippen molar-refractivity contribution in [3.63, 3.8) is 0 Å². The standard InChI is InChI=1S/C22H16F2N2O4/c23-16-7-11-17(12-8-16)29-14-21(27)26-25-13-15-5-9-18(10-6-15)30-22(28)19-3-1-2-4-20(19)24/h1-13H,14H2,(H,26,27). The molecule has 3 aromatic rings. The normalized spacial score (nSPS) is 10.6. The Morgan fingerprint density at radius 3 is 2.27 bits per heavy atom. The van der Waals surface area contributed by atoms with Gasteiger partial charge in [0, 0.05) is 0 Å². The van der Waals surface area contributed by atoms with Gasteiger partial charge in [0.25, 0.3) is 5.91 Å². The first kappa shape index (κ1) is 20.7. The van der Waals surface area contributed by atoms with Gasteiger partial charge in [-0.3, -0.25) is 4.79 Å². The molecular formula is C22H16F2N2O4. The summed E-state index contributed by atoms with van der Waals surface area (Å²) in [5.74, 6) is -1.77. The average Bonchev–Trinajstić information content (AvgIpc) is 2.75. The van der Waals surface area contributed by atoms with Crippen LogP contribution in [0, 0.1) is 11.6 Å². The number of hydrazone groups is 1. The third-order valence-corrected chi connectivity index (χ3v) is 3.77. The van der Waals surface area contributed by atoms with Crippen LogP contribution in [0.4, 0.5) is 8.78 Å². The fourth-order valence-electron chi connectivity index (χ4n) is 2.30. The molecule has 1 N–H and O–H groups in total. The monoisotopic (exact) mass is 410 g/mol. The highest BCUT2D eigenvalue weighted by Crippen LogP contribution is 2.15. The highest BCUT2D eigenvalue weighted by atomic mass is 19.1. The Balaban J connectivity index is 1.47. The van der Waals surface area contributed by atoms with Crippen LogP contribution in [-0.4, -0.2) is 24.7 Å². The number of ether oxygens (including phenoxy) is 2. The quantitative estimate of drug-likeness (QED) is 0.279. The maximum Gasteiger partial charge on any atom is 0.346 e. The van der Waals surface area contributed by atoms with Crippen molar-refractivity contribution < 1.29 is 27.8 Å². The van der Waals surface area contributed by atoms with Gasteiger partial charge in [0.2, 0.25) is 0 Å². The van der Waals surface area contributed by atoms with Crippen LogP contribution in [0.25, 0.3) is 0 Å². The number of carbonyl (C=O) groups excluding carboxylic acids is 2. The van der Waals surface area contributed by atoms with Crippen LogP contribution in [0.15, 0.2) is 77.9 Å². The fourth-order valence-corrected chi connectivity index (χ4v) is 2.30. The SMILES string of the molecule is O=C(COc1ccc(F)cc1)NN=Cc1ccc(OC(=O)c2ccccc2F)cc1. The molecule has 0 heterocycles. The predicted octanol–water partition coefficient (Wildman–Crippen LogP) is 3.71. The summed E-state index contributed by atoms with van der Waals surface area (Å²) in [6.07, 6.45) is 1.39. The summed E-state index contributed by atoms with van der Waals surface area (Å²) in [4.78, 5) is 23.7. The number of hydrogen-bond donors (Lipinski definition) is 1. The van der Waals surface area contributed by atoms with E-state index in [0.717, 1.165) is 0 Å². The first-order valence-electron chi connectivity index (χ1n) is 8.78. The predicted molar refractivity (Wildman–Crippen MR) is 105 cm³/mol. The number of esters is 1. The second-order valence-electron chi connectivity index (χ2n) is 5.97. The van der Waals surface area contributed by atoms with Crippen molar-refractivity contribution in [3.05, 3.63) is 95.6 Å². The third-order valence-electron chi connectivity index (χ3n) is 3.77. The summed E-state index contributed by atoms with van der Waals surface area (Å²) in [5, 5.41) is 3.80. The number of halogens is 2. The van der Waals surface area contributed by atoms with Crippen molar-refractivity contribution in [1.29, 1.82) is 0 Å². The minimum atomic E-state index is -0.803. The van der Waals surface area contributed by atoms with Crippen molar-refractivity contribution in [1.82, 2.24) is 5.43 Å². The van der Waals surface area contributed by atoms with E-state index in [1.165, 1.54) is 66.9 Å². The van der Waals surface area contributed by atoms with Gasteiger partial charge in [0.05, 0.1) is 11.8 Å². The van der Waals surface area contributed by atoms with Gasteiger partial charge >= 0.3 is 5.97 Å². The van der Waals surface area contributed by atoms with Crippen LogP contribution in [0.2, 0.25) is 0 Å². The summed E-state index contributed by atoms with van der Waals surface area (Å²) in [7, 11) is 0. The Morgan fingerprint density at radius 2 is 1.57 bits per heavy atom. The highest BCUT2D eigenvalue weighted by Gasteiger charge is 2.13. The molecule has 0 spiro atoms. The summed E-state index contributed by atoms with van der Waals surface area (Å²) in [6.45, 7) is -0.284. The maximum atomic E-state index is 13.6. The van der Waals surface area contributed by atoms with Crippen molar-refractivity contribution in [2.45, 2.75) is 0 Å². The number of benzene rings is 3.